The molecule has 0 spiro atoms. The first-order valence-corrected chi connectivity index (χ1v) is 6.94. The Kier molecular flexibility index (Phi) is 5.60. The van der Waals surface area contributed by atoms with Crippen molar-refractivity contribution in [2.75, 3.05) is 13.2 Å². The van der Waals surface area contributed by atoms with Gasteiger partial charge in [-0.3, -0.25) is 4.79 Å². The van der Waals surface area contributed by atoms with Gasteiger partial charge < -0.3 is 15.2 Å². The molecule has 21 heavy (non-hydrogen) atoms. The van der Waals surface area contributed by atoms with E-state index >= 15 is 0 Å². The van der Waals surface area contributed by atoms with Gasteiger partial charge in [0.2, 0.25) is 0 Å². The number of hydrogen-bond acceptors (Lipinski definition) is 3. The number of rotatable bonds is 6. The van der Waals surface area contributed by atoms with Crippen LogP contribution in [0.25, 0.3) is 0 Å². The molecule has 0 aliphatic heterocycles. The Morgan fingerprint density at radius 1 is 1.19 bits per heavy atom. The van der Waals surface area contributed by atoms with Crippen LogP contribution in [0.3, 0.4) is 0 Å². The van der Waals surface area contributed by atoms with Gasteiger partial charge in [0.05, 0.1) is 6.61 Å². The van der Waals surface area contributed by atoms with Crippen molar-refractivity contribution < 1.29 is 14.6 Å². The molecule has 0 saturated heterocycles. The highest BCUT2D eigenvalue weighted by atomic mass is 35.5. The molecule has 2 aromatic rings. The third-order valence-electron chi connectivity index (χ3n) is 2.85. The minimum absolute atomic E-state index is 0.0524. The zero-order chi connectivity index (χ0) is 15.1. The average molecular weight is 306 g/mol. The van der Waals surface area contributed by atoms with Crippen LogP contribution in [0.5, 0.6) is 5.75 Å². The van der Waals surface area contributed by atoms with E-state index in [1.807, 2.05) is 18.2 Å². The lowest BCUT2D eigenvalue weighted by molar-refractivity contribution is 0.0950. The molecular weight excluding hydrogens is 290 g/mol. The molecule has 2 aromatic carbocycles. The highest BCUT2D eigenvalue weighted by Crippen LogP contribution is 2.18. The van der Waals surface area contributed by atoms with E-state index in [0.717, 1.165) is 5.56 Å². The van der Waals surface area contributed by atoms with Crippen molar-refractivity contribution >= 4 is 17.5 Å². The van der Waals surface area contributed by atoms with Crippen LogP contribution in [0.1, 0.15) is 15.9 Å². The Bertz CT molecular complexity index is 616. The summed E-state index contributed by atoms with van der Waals surface area (Å²) in [6.07, 6.45) is 0. The summed E-state index contributed by atoms with van der Waals surface area (Å²) in [5.41, 5.74) is 1.36. The lowest BCUT2D eigenvalue weighted by atomic mass is 10.1. The standard InChI is InChI=1S/C16H16ClNO3/c17-14-6-3-5-12(10-14)16(20)18-11-13-4-1-2-7-15(13)21-9-8-19/h1-7,10,19H,8-9,11H2,(H,18,20). The maximum atomic E-state index is 12.0. The number of amides is 1. The summed E-state index contributed by atoms with van der Waals surface area (Å²) >= 11 is 5.86. The van der Waals surface area contributed by atoms with Gasteiger partial charge in [-0.25, -0.2) is 0 Å². The Morgan fingerprint density at radius 3 is 2.76 bits per heavy atom. The fourth-order valence-corrected chi connectivity index (χ4v) is 2.04. The molecule has 0 aliphatic rings. The summed E-state index contributed by atoms with van der Waals surface area (Å²) in [6, 6.07) is 14.1. The smallest absolute Gasteiger partial charge is 0.251 e. The number of halogens is 1. The Labute approximate surface area is 128 Å². The van der Waals surface area contributed by atoms with Crippen LogP contribution in [-0.2, 0) is 6.54 Å². The molecule has 0 heterocycles. The first-order chi connectivity index (χ1) is 10.2. The first kappa shape index (κ1) is 15.4. The van der Waals surface area contributed by atoms with Crippen LogP contribution in [0.2, 0.25) is 5.02 Å². The minimum atomic E-state index is -0.200. The maximum absolute atomic E-state index is 12.0. The van der Waals surface area contributed by atoms with E-state index in [1.54, 1.807) is 30.3 Å². The summed E-state index contributed by atoms with van der Waals surface area (Å²) in [4.78, 5) is 12.0. The van der Waals surface area contributed by atoms with E-state index in [4.69, 9.17) is 21.4 Å². The van der Waals surface area contributed by atoms with Crippen molar-refractivity contribution in [3.8, 4) is 5.75 Å². The summed E-state index contributed by atoms with van der Waals surface area (Å²) in [5.74, 6) is 0.451. The second-order valence-electron chi connectivity index (χ2n) is 4.37. The number of carbonyl (C=O) groups is 1. The van der Waals surface area contributed by atoms with Crippen molar-refractivity contribution in [1.29, 1.82) is 0 Å². The lowest BCUT2D eigenvalue weighted by Gasteiger charge is -2.11. The molecule has 0 bridgehead atoms. The number of ether oxygens (including phenoxy) is 1. The summed E-state index contributed by atoms with van der Waals surface area (Å²) in [7, 11) is 0. The molecule has 0 aromatic heterocycles. The molecule has 0 radical (unpaired) electrons. The highest BCUT2D eigenvalue weighted by Gasteiger charge is 2.08. The summed E-state index contributed by atoms with van der Waals surface area (Å²) in [5, 5.41) is 12.1. The highest BCUT2D eigenvalue weighted by molar-refractivity contribution is 6.30. The van der Waals surface area contributed by atoms with E-state index in [2.05, 4.69) is 5.32 Å². The van der Waals surface area contributed by atoms with Crippen molar-refractivity contribution in [1.82, 2.24) is 5.32 Å². The second-order valence-corrected chi connectivity index (χ2v) is 4.81. The third kappa shape index (κ3) is 4.48. The molecule has 0 fully saturated rings. The number of carbonyl (C=O) groups excluding carboxylic acids is 1. The van der Waals surface area contributed by atoms with Crippen molar-refractivity contribution in [2.45, 2.75) is 6.54 Å². The molecule has 0 saturated carbocycles. The van der Waals surface area contributed by atoms with Crippen LogP contribution >= 0.6 is 11.6 Å². The second kappa shape index (κ2) is 7.67. The zero-order valence-corrected chi connectivity index (χ0v) is 12.1. The minimum Gasteiger partial charge on any atom is -0.491 e. The molecule has 110 valence electrons. The van der Waals surface area contributed by atoms with Crippen molar-refractivity contribution in [3.05, 3.63) is 64.7 Å². The lowest BCUT2D eigenvalue weighted by Crippen LogP contribution is -2.23. The van der Waals surface area contributed by atoms with E-state index in [1.165, 1.54) is 0 Å². The quantitative estimate of drug-likeness (QED) is 0.862. The van der Waals surface area contributed by atoms with Gasteiger partial charge in [-0.1, -0.05) is 35.9 Å². The number of hydrogen-bond donors (Lipinski definition) is 2. The van der Waals surface area contributed by atoms with E-state index < -0.39 is 0 Å². The van der Waals surface area contributed by atoms with Crippen LogP contribution in [0, 0.1) is 0 Å². The maximum Gasteiger partial charge on any atom is 0.251 e. The third-order valence-corrected chi connectivity index (χ3v) is 3.08. The van der Waals surface area contributed by atoms with Gasteiger partial charge in [0.15, 0.2) is 0 Å². The van der Waals surface area contributed by atoms with Gasteiger partial charge >= 0.3 is 0 Å². The molecule has 0 aliphatic carbocycles. The topological polar surface area (TPSA) is 58.6 Å². The van der Waals surface area contributed by atoms with Crippen LogP contribution in [0.4, 0.5) is 0 Å². The fourth-order valence-electron chi connectivity index (χ4n) is 1.85. The van der Waals surface area contributed by atoms with Gasteiger partial charge in [0.25, 0.3) is 5.91 Å². The van der Waals surface area contributed by atoms with Gasteiger partial charge in [0.1, 0.15) is 12.4 Å². The monoisotopic (exact) mass is 305 g/mol. The van der Waals surface area contributed by atoms with Crippen LogP contribution < -0.4 is 10.1 Å². The molecule has 0 atom stereocenters. The summed E-state index contributed by atoms with van der Waals surface area (Å²) < 4.78 is 5.42. The molecular formula is C16H16ClNO3. The Morgan fingerprint density at radius 2 is 2.00 bits per heavy atom. The number of aliphatic hydroxyl groups excluding tert-OH is 1. The molecule has 5 heteroatoms. The molecule has 1 amide bonds. The van der Waals surface area contributed by atoms with Crippen molar-refractivity contribution in [3.63, 3.8) is 0 Å². The van der Waals surface area contributed by atoms with Crippen molar-refractivity contribution in [2.24, 2.45) is 0 Å². The first-order valence-electron chi connectivity index (χ1n) is 6.56. The van der Waals surface area contributed by atoms with Gasteiger partial charge in [0, 0.05) is 22.7 Å². The Hall–Kier alpha value is -2.04. The van der Waals surface area contributed by atoms with Crippen LogP contribution in [0.15, 0.2) is 48.5 Å². The fraction of sp³-hybridized carbons (Fsp3) is 0.188. The predicted octanol–water partition coefficient (Wildman–Crippen LogP) is 2.64. The van der Waals surface area contributed by atoms with Crippen LogP contribution in [-0.4, -0.2) is 24.2 Å². The zero-order valence-electron chi connectivity index (χ0n) is 11.4. The molecule has 4 nitrogen and oxygen atoms in total. The SMILES string of the molecule is O=C(NCc1ccccc1OCCO)c1cccc(Cl)c1. The van der Waals surface area contributed by atoms with E-state index in [-0.39, 0.29) is 19.1 Å². The number of para-hydroxylation sites is 1. The number of aliphatic hydroxyl groups is 1. The van der Waals surface area contributed by atoms with Gasteiger partial charge in [-0.05, 0) is 24.3 Å². The summed E-state index contributed by atoms with van der Waals surface area (Å²) in [6.45, 7) is 0.509. The average Bonchev–Trinajstić information content (AvgIpc) is 2.51. The van der Waals surface area contributed by atoms with E-state index in [0.29, 0.717) is 22.9 Å². The molecule has 2 N–H and O–H groups in total. The molecule has 0 unspecified atom stereocenters. The number of benzene rings is 2. The van der Waals surface area contributed by atoms with E-state index in [9.17, 15) is 4.79 Å². The Balaban J connectivity index is 2.01. The largest absolute Gasteiger partial charge is 0.491 e. The number of nitrogens with one attached hydrogen (secondary N) is 1. The molecule has 2 rings (SSSR count). The van der Waals surface area contributed by atoms with Gasteiger partial charge in [-0.2, -0.15) is 0 Å². The normalized spacial score (nSPS) is 10.2. The predicted molar refractivity (Wildman–Crippen MR) is 81.6 cm³/mol. The van der Waals surface area contributed by atoms with Gasteiger partial charge in [-0.15, -0.1) is 0 Å².